The Kier molecular flexibility index (Phi) is 8.01. The molecular weight excluding hydrogens is 404 g/mol. The van der Waals surface area contributed by atoms with Crippen molar-refractivity contribution in [3.63, 3.8) is 0 Å². The van der Waals surface area contributed by atoms with Crippen LogP contribution in [-0.2, 0) is 6.42 Å². The molecular formula is C26H37ClN4. The first-order valence-electron chi connectivity index (χ1n) is 11.6. The Hall–Kier alpha value is -2.04. The summed E-state index contributed by atoms with van der Waals surface area (Å²) in [7, 11) is 0. The number of hydrogen-bond acceptors (Lipinski definition) is 4. The molecule has 2 N–H and O–H groups in total. The molecule has 0 saturated carbocycles. The Labute approximate surface area is 192 Å². The Morgan fingerprint density at radius 2 is 1.77 bits per heavy atom. The zero-order valence-electron chi connectivity index (χ0n) is 19.4. The molecule has 1 aromatic carbocycles. The van der Waals surface area contributed by atoms with Gasteiger partial charge in [-0.3, -0.25) is 4.98 Å². The number of nitrogens with zero attached hydrogens (tertiary/aromatic N) is 3. The summed E-state index contributed by atoms with van der Waals surface area (Å²) in [6.45, 7) is 18.7. The highest BCUT2D eigenvalue weighted by Gasteiger charge is 2.23. The van der Waals surface area contributed by atoms with Gasteiger partial charge in [0.05, 0.1) is 16.2 Å². The zero-order valence-corrected chi connectivity index (χ0v) is 20.1. The topological polar surface area (TPSA) is 45.4 Å². The Bertz CT molecular complexity index is 942. The van der Waals surface area contributed by atoms with Crippen LogP contribution in [0.3, 0.4) is 0 Å². The summed E-state index contributed by atoms with van der Waals surface area (Å²) >= 11 is 6.71. The molecule has 2 aromatic rings. The molecule has 4 nitrogen and oxygen atoms in total. The van der Waals surface area contributed by atoms with Crippen LogP contribution in [0.1, 0.15) is 69.3 Å². The number of halogens is 1. The van der Waals surface area contributed by atoms with Gasteiger partial charge in [0.25, 0.3) is 0 Å². The molecule has 4 rings (SSSR count). The first-order valence-corrected chi connectivity index (χ1v) is 12.0. The van der Waals surface area contributed by atoms with Crippen LogP contribution >= 0.6 is 11.6 Å². The van der Waals surface area contributed by atoms with E-state index in [1.54, 1.807) is 0 Å². The number of aromatic nitrogens is 1. The van der Waals surface area contributed by atoms with Crippen molar-refractivity contribution < 1.29 is 0 Å². The van der Waals surface area contributed by atoms with Gasteiger partial charge in [-0.15, -0.1) is 0 Å². The van der Waals surface area contributed by atoms with E-state index in [4.69, 9.17) is 22.3 Å². The molecule has 1 aromatic heterocycles. The number of unbranched alkanes of at least 4 members (excludes halogenated alkanes) is 1. The second-order valence-corrected chi connectivity index (χ2v) is 9.05. The number of allylic oxidation sites excluding steroid dienone is 1. The maximum Gasteiger partial charge on any atom is 0.0727 e. The number of piperazine rings is 1. The Balaban J connectivity index is 0.000000628. The largest absolute Gasteiger partial charge is 0.372 e. The molecule has 5 heteroatoms. The third kappa shape index (κ3) is 5.24. The van der Waals surface area contributed by atoms with Crippen LogP contribution in [0.2, 0.25) is 5.02 Å². The van der Waals surface area contributed by atoms with Crippen LogP contribution in [0.25, 0.3) is 16.6 Å². The molecule has 2 aliphatic rings. The van der Waals surface area contributed by atoms with E-state index >= 15 is 0 Å². The third-order valence-electron chi connectivity index (χ3n) is 6.38. The van der Waals surface area contributed by atoms with Gasteiger partial charge >= 0.3 is 0 Å². The van der Waals surface area contributed by atoms with Crippen molar-refractivity contribution in [2.75, 3.05) is 26.2 Å². The SMILES string of the molecule is C=C(C)N1CCN(C(=C)c2ccc3c(Cl)c4c(nc3c2)C(N)CCC4)CC1.CCCC. The summed E-state index contributed by atoms with van der Waals surface area (Å²) < 4.78 is 0. The van der Waals surface area contributed by atoms with Crippen molar-refractivity contribution >= 4 is 28.2 Å². The summed E-state index contributed by atoms with van der Waals surface area (Å²) in [6.07, 6.45) is 5.65. The highest BCUT2D eigenvalue weighted by molar-refractivity contribution is 6.36. The molecule has 0 bridgehead atoms. The fourth-order valence-corrected chi connectivity index (χ4v) is 4.53. The van der Waals surface area contributed by atoms with Crippen molar-refractivity contribution in [2.24, 2.45) is 5.73 Å². The van der Waals surface area contributed by atoms with Crippen LogP contribution in [0.15, 0.2) is 37.1 Å². The minimum absolute atomic E-state index is 0.0160. The zero-order chi connectivity index (χ0) is 22.5. The molecule has 1 fully saturated rings. The summed E-state index contributed by atoms with van der Waals surface area (Å²) in [5, 5.41) is 1.82. The maximum atomic E-state index is 6.71. The Morgan fingerprint density at radius 1 is 1.13 bits per heavy atom. The quantitative estimate of drug-likeness (QED) is 0.618. The van der Waals surface area contributed by atoms with E-state index < -0.39 is 0 Å². The van der Waals surface area contributed by atoms with Gasteiger partial charge in [0.2, 0.25) is 0 Å². The van der Waals surface area contributed by atoms with Crippen LogP contribution < -0.4 is 5.73 Å². The van der Waals surface area contributed by atoms with Gasteiger partial charge in [0, 0.05) is 49.0 Å². The van der Waals surface area contributed by atoms with E-state index in [-0.39, 0.29) is 6.04 Å². The molecule has 0 radical (unpaired) electrons. The van der Waals surface area contributed by atoms with Crippen molar-refractivity contribution in [3.05, 3.63) is 58.9 Å². The van der Waals surface area contributed by atoms with Crippen molar-refractivity contribution in [2.45, 2.75) is 58.9 Å². The molecule has 2 heterocycles. The van der Waals surface area contributed by atoms with E-state index in [2.05, 4.69) is 61.9 Å². The fraction of sp³-hybridized carbons (Fsp3) is 0.500. The van der Waals surface area contributed by atoms with E-state index in [1.165, 1.54) is 12.8 Å². The van der Waals surface area contributed by atoms with Gasteiger partial charge < -0.3 is 15.5 Å². The Morgan fingerprint density at radius 3 is 2.39 bits per heavy atom. The van der Waals surface area contributed by atoms with Crippen LogP contribution in [-0.4, -0.2) is 41.0 Å². The molecule has 1 aliphatic heterocycles. The van der Waals surface area contributed by atoms with Crippen LogP contribution in [0.4, 0.5) is 0 Å². The molecule has 1 atom stereocenters. The van der Waals surface area contributed by atoms with Gasteiger partial charge in [-0.1, -0.05) is 63.6 Å². The van der Waals surface area contributed by atoms with E-state index in [0.717, 1.165) is 89.6 Å². The average molecular weight is 441 g/mol. The molecule has 0 spiro atoms. The highest BCUT2D eigenvalue weighted by Crippen LogP contribution is 2.37. The average Bonchev–Trinajstić information content (AvgIpc) is 2.79. The summed E-state index contributed by atoms with van der Waals surface area (Å²) in [4.78, 5) is 9.55. The lowest BCUT2D eigenvalue weighted by molar-refractivity contribution is 0.215. The minimum Gasteiger partial charge on any atom is -0.372 e. The van der Waals surface area contributed by atoms with Gasteiger partial charge in [-0.05, 0) is 43.4 Å². The van der Waals surface area contributed by atoms with Crippen molar-refractivity contribution in [1.82, 2.24) is 14.8 Å². The standard InChI is InChI=1S/C22H27ClN4.C4H10/c1-14(2)26-9-11-27(12-10-26)15(3)16-7-8-17-20(13-16)25-22-18(21(17)23)5-4-6-19(22)24;1-3-4-2/h7-8,13,19H,1,3-6,9-12,24H2,2H3;3-4H2,1-2H3. The molecule has 168 valence electrons. The lowest BCUT2D eigenvalue weighted by atomic mass is 9.91. The number of hydrogen-bond donors (Lipinski definition) is 1. The van der Waals surface area contributed by atoms with Crippen molar-refractivity contribution in [1.29, 1.82) is 0 Å². The minimum atomic E-state index is -0.0160. The van der Waals surface area contributed by atoms with Gasteiger partial charge in [0.15, 0.2) is 0 Å². The second-order valence-electron chi connectivity index (χ2n) is 8.68. The van der Waals surface area contributed by atoms with Crippen molar-refractivity contribution in [3.8, 4) is 0 Å². The smallest absolute Gasteiger partial charge is 0.0727 e. The van der Waals surface area contributed by atoms with E-state index in [1.807, 2.05) is 0 Å². The van der Waals surface area contributed by atoms with E-state index in [9.17, 15) is 0 Å². The fourth-order valence-electron chi connectivity index (χ4n) is 4.18. The summed E-state index contributed by atoms with van der Waals surface area (Å²) in [5.41, 5.74) is 12.6. The lowest BCUT2D eigenvalue weighted by Gasteiger charge is -2.38. The number of pyridine rings is 1. The number of rotatable bonds is 4. The second kappa shape index (κ2) is 10.5. The van der Waals surface area contributed by atoms with E-state index in [0.29, 0.717) is 0 Å². The predicted octanol–water partition coefficient (Wildman–Crippen LogP) is 6.15. The number of nitrogens with two attached hydrogens (primary N) is 1. The number of benzene rings is 1. The van der Waals surface area contributed by atoms with Crippen LogP contribution in [0, 0.1) is 0 Å². The molecule has 1 aliphatic carbocycles. The third-order valence-corrected chi connectivity index (χ3v) is 6.81. The first kappa shape index (κ1) is 23.6. The summed E-state index contributed by atoms with van der Waals surface area (Å²) in [6, 6.07) is 6.28. The first-order chi connectivity index (χ1) is 14.9. The number of fused-ring (bicyclic) bond motifs is 2. The van der Waals surface area contributed by atoms with Crippen LogP contribution in [0.5, 0.6) is 0 Å². The van der Waals surface area contributed by atoms with Gasteiger partial charge in [-0.25, -0.2) is 0 Å². The van der Waals surface area contributed by atoms with Gasteiger partial charge in [-0.2, -0.15) is 0 Å². The predicted molar refractivity (Wildman–Crippen MR) is 134 cm³/mol. The monoisotopic (exact) mass is 440 g/mol. The lowest BCUT2D eigenvalue weighted by Crippen LogP contribution is -2.44. The highest BCUT2D eigenvalue weighted by atomic mass is 35.5. The molecule has 1 saturated heterocycles. The molecule has 0 amide bonds. The maximum absolute atomic E-state index is 6.71. The summed E-state index contributed by atoms with van der Waals surface area (Å²) in [5.74, 6) is 0. The molecule has 1 unspecified atom stereocenters. The van der Waals surface area contributed by atoms with Gasteiger partial charge in [0.1, 0.15) is 0 Å². The normalized spacial score (nSPS) is 18.3. The molecule has 31 heavy (non-hydrogen) atoms.